The number of nitrogens with two attached hydrogens (primary N) is 1. The number of benzene rings is 1. The van der Waals surface area contributed by atoms with Crippen molar-refractivity contribution in [2.75, 3.05) is 6.54 Å². The summed E-state index contributed by atoms with van der Waals surface area (Å²) in [6.45, 7) is 6.64. The second-order valence-electron chi connectivity index (χ2n) is 7.20. The molecule has 2 aromatic rings. The summed E-state index contributed by atoms with van der Waals surface area (Å²) in [6.07, 6.45) is 2.10. The van der Waals surface area contributed by atoms with Crippen LogP contribution in [-0.4, -0.2) is 26.0 Å². The van der Waals surface area contributed by atoms with Crippen molar-refractivity contribution in [1.82, 2.24) is 9.71 Å². The van der Waals surface area contributed by atoms with Crippen molar-refractivity contribution in [1.29, 1.82) is 0 Å². The van der Waals surface area contributed by atoms with Gasteiger partial charge in [-0.25, -0.2) is 18.1 Å². The van der Waals surface area contributed by atoms with Crippen molar-refractivity contribution < 1.29 is 8.42 Å². The van der Waals surface area contributed by atoms with Crippen LogP contribution in [0.4, 0.5) is 0 Å². The maximum absolute atomic E-state index is 12.6. The van der Waals surface area contributed by atoms with Crippen LogP contribution in [0, 0.1) is 5.92 Å². The Balaban J connectivity index is 1.92. The number of hydrogen-bond donors (Lipinski definition) is 2. The quantitative estimate of drug-likeness (QED) is 0.865. The molecule has 3 rings (SSSR count). The van der Waals surface area contributed by atoms with Gasteiger partial charge in [-0.2, -0.15) is 0 Å². The van der Waals surface area contributed by atoms with Gasteiger partial charge < -0.3 is 5.73 Å². The summed E-state index contributed by atoms with van der Waals surface area (Å²) in [5.41, 5.74) is 6.51. The van der Waals surface area contributed by atoms with Crippen LogP contribution in [0.3, 0.4) is 0 Å². The highest BCUT2D eigenvalue weighted by molar-refractivity contribution is 7.89. The molecule has 1 unspecified atom stereocenters. The lowest BCUT2D eigenvalue weighted by Crippen LogP contribution is -2.41. The minimum Gasteiger partial charge on any atom is -0.329 e. The van der Waals surface area contributed by atoms with Crippen molar-refractivity contribution >= 4 is 31.6 Å². The first-order valence-corrected chi connectivity index (χ1v) is 10.1. The first-order valence-electron chi connectivity index (χ1n) is 7.84. The van der Waals surface area contributed by atoms with E-state index in [2.05, 4.69) is 30.5 Å². The van der Waals surface area contributed by atoms with Crippen LogP contribution in [0.25, 0.3) is 10.2 Å². The maximum Gasteiger partial charge on any atom is 0.240 e. The molecule has 0 radical (unpaired) electrons. The van der Waals surface area contributed by atoms with Gasteiger partial charge in [0.05, 0.1) is 20.1 Å². The van der Waals surface area contributed by atoms with E-state index >= 15 is 0 Å². The summed E-state index contributed by atoms with van der Waals surface area (Å²) in [6, 6.07) is 4.95. The van der Waals surface area contributed by atoms with Crippen molar-refractivity contribution in [2.24, 2.45) is 11.7 Å². The summed E-state index contributed by atoms with van der Waals surface area (Å²) in [7, 11) is -3.55. The van der Waals surface area contributed by atoms with Gasteiger partial charge in [0.15, 0.2) is 0 Å². The fourth-order valence-corrected chi connectivity index (χ4v) is 4.98. The van der Waals surface area contributed by atoms with Gasteiger partial charge in [0.1, 0.15) is 0 Å². The Labute approximate surface area is 141 Å². The zero-order chi connectivity index (χ0) is 16.8. The second-order valence-corrected chi connectivity index (χ2v) is 9.94. The zero-order valence-electron chi connectivity index (χ0n) is 13.7. The molecule has 0 spiro atoms. The molecule has 3 N–H and O–H groups in total. The number of rotatable bonds is 5. The van der Waals surface area contributed by atoms with E-state index in [4.69, 9.17) is 5.73 Å². The van der Waals surface area contributed by atoms with Crippen molar-refractivity contribution in [2.45, 2.75) is 50.0 Å². The molecule has 0 amide bonds. The van der Waals surface area contributed by atoms with Crippen molar-refractivity contribution in [3.8, 4) is 0 Å². The van der Waals surface area contributed by atoms with E-state index in [-0.39, 0.29) is 16.4 Å². The molecule has 1 heterocycles. The highest BCUT2D eigenvalue weighted by Crippen LogP contribution is 2.34. The molecule has 1 fully saturated rings. The van der Waals surface area contributed by atoms with Crippen molar-refractivity contribution in [3.05, 3.63) is 23.2 Å². The van der Waals surface area contributed by atoms with Gasteiger partial charge in [0.2, 0.25) is 10.0 Å². The number of nitrogens with zero attached hydrogens (tertiary/aromatic N) is 1. The average Bonchev–Trinajstić information content (AvgIpc) is 3.21. The molecular weight excluding hydrogens is 330 g/mol. The molecule has 5 nitrogen and oxygen atoms in total. The smallest absolute Gasteiger partial charge is 0.240 e. The van der Waals surface area contributed by atoms with E-state index in [9.17, 15) is 8.42 Å². The Bertz CT molecular complexity index is 817. The maximum atomic E-state index is 12.6. The molecule has 1 aliphatic rings. The Morgan fingerprint density at radius 1 is 1.39 bits per heavy atom. The predicted octanol–water partition coefficient (Wildman–Crippen LogP) is 2.61. The second kappa shape index (κ2) is 5.81. The van der Waals surface area contributed by atoms with E-state index in [1.807, 2.05) is 0 Å². The Morgan fingerprint density at radius 3 is 2.65 bits per heavy atom. The van der Waals surface area contributed by atoms with Crippen molar-refractivity contribution in [3.63, 3.8) is 0 Å². The average molecular weight is 354 g/mol. The molecule has 0 saturated heterocycles. The monoisotopic (exact) mass is 353 g/mol. The van der Waals surface area contributed by atoms with E-state index < -0.39 is 10.0 Å². The highest BCUT2D eigenvalue weighted by atomic mass is 32.2. The third kappa shape index (κ3) is 3.57. The van der Waals surface area contributed by atoms with Gasteiger partial charge in [-0.15, -0.1) is 11.3 Å². The van der Waals surface area contributed by atoms with Gasteiger partial charge in [-0.05, 0) is 37.0 Å². The number of hydrogen-bond acceptors (Lipinski definition) is 5. The zero-order valence-corrected chi connectivity index (χ0v) is 15.3. The molecule has 126 valence electrons. The van der Waals surface area contributed by atoms with Gasteiger partial charge in [-0.3, -0.25) is 0 Å². The summed E-state index contributed by atoms with van der Waals surface area (Å²) < 4.78 is 28.8. The highest BCUT2D eigenvalue weighted by Gasteiger charge is 2.33. The Hall–Kier alpha value is -1.02. The summed E-state index contributed by atoms with van der Waals surface area (Å²) in [4.78, 5) is 4.89. The molecule has 1 saturated carbocycles. The molecule has 23 heavy (non-hydrogen) atoms. The van der Waals surface area contributed by atoms with Crippen LogP contribution in [0.15, 0.2) is 23.1 Å². The largest absolute Gasteiger partial charge is 0.329 e. The third-order valence-corrected chi connectivity index (χ3v) is 6.99. The van der Waals surface area contributed by atoms with E-state index in [0.29, 0.717) is 12.5 Å². The minimum absolute atomic E-state index is 0.0441. The first-order chi connectivity index (χ1) is 10.7. The molecule has 7 heteroatoms. The molecule has 0 aliphatic heterocycles. The summed E-state index contributed by atoms with van der Waals surface area (Å²) in [5.74, 6) is 0.384. The normalized spacial score (nSPS) is 17.6. The molecule has 1 atom stereocenters. The first kappa shape index (κ1) is 16.8. The third-order valence-electron chi connectivity index (χ3n) is 4.06. The van der Waals surface area contributed by atoms with Gasteiger partial charge in [0.25, 0.3) is 0 Å². The predicted molar refractivity (Wildman–Crippen MR) is 94.2 cm³/mol. The van der Waals surface area contributed by atoms with E-state index in [1.165, 1.54) is 0 Å². The van der Waals surface area contributed by atoms with Crippen LogP contribution in [0.1, 0.15) is 38.6 Å². The number of sulfonamides is 1. The molecule has 0 bridgehead atoms. The number of thiazole rings is 1. The van der Waals surface area contributed by atoms with Crippen LogP contribution in [0.2, 0.25) is 0 Å². The molecular formula is C16H23N3O2S2. The lowest BCUT2D eigenvalue weighted by atomic mass is 9.98. The van der Waals surface area contributed by atoms with Gasteiger partial charge in [0, 0.05) is 18.0 Å². The minimum atomic E-state index is -3.55. The Morgan fingerprint density at radius 2 is 2.09 bits per heavy atom. The van der Waals surface area contributed by atoms with E-state index in [0.717, 1.165) is 28.1 Å². The molecule has 1 aliphatic carbocycles. The summed E-state index contributed by atoms with van der Waals surface area (Å²) >= 11 is 1.55. The topological polar surface area (TPSA) is 85.1 Å². The van der Waals surface area contributed by atoms with Crippen LogP contribution < -0.4 is 10.5 Å². The standard InChI is InChI=1S/C16H23N3O2S2/c1-16(2,3)15-18-12-7-6-11(8-14(12)22-15)23(20,21)19-13(9-17)10-4-5-10/h6-8,10,13,19H,4-5,9,17H2,1-3H3. The van der Waals surface area contributed by atoms with Gasteiger partial charge in [-0.1, -0.05) is 20.8 Å². The SMILES string of the molecule is CC(C)(C)c1nc2ccc(S(=O)(=O)NC(CN)C3CC3)cc2s1. The summed E-state index contributed by atoms with van der Waals surface area (Å²) in [5, 5.41) is 1.01. The number of aromatic nitrogens is 1. The van der Waals surface area contributed by atoms with Crippen LogP contribution in [0.5, 0.6) is 0 Å². The van der Waals surface area contributed by atoms with Gasteiger partial charge >= 0.3 is 0 Å². The van der Waals surface area contributed by atoms with E-state index in [1.54, 1.807) is 29.5 Å². The van der Waals surface area contributed by atoms with Crippen LogP contribution in [-0.2, 0) is 15.4 Å². The molecule has 1 aromatic carbocycles. The lowest BCUT2D eigenvalue weighted by molar-refractivity contribution is 0.519. The fourth-order valence-electron chi connectivity index (χ4n) is 2.50. The van der Waals surface area contributed by atoms with Crippen LogP contribution >= 0.6 is 11.3 Å². The molecule has 1 aromatic heterocycles. The lowest BCUT2D eigenvalue weighted by Gasteiger charge is -2.16. The fraction of sp³-hybridized carbons (Fsp3) is 0.562. The number of fused-ring (bicyclic) bond motifs is 1. The Kier molecular flexibility index (Phi) is 4.25. The number of nitrogens with one attached hydrogen (secondary N) is 1.